The molecule has 0 radical (unpaired) electrons. The van der Waals surface area contributed by atoms with E-state index < -0.39 is 5.60 Å². The summed E-state index contributed by atoms with van der Waals surface area (Å²) >= 11 is 1.32. The number of carbonyl (C=O) groups excluding carboxylic acids is 1. The fourth-order valence-corrected chi connectivity index (χ4v) is 4.58. The SMILES string of the molecule is COCCCNCc1ccc2c(c1)nc(NC(=O)c1ccc(-c3cnc(C)o3)s1)n2CC(C)(C)O. The maximum atomic E-state index is 13.1. The lowest BCUT2D eigenvalue weighted by molar-refractivity contribution is 0.0630. The molecule has 0 saturated carbocycles. The van der Waals surface area contributed by atoms with Crippen LogP contribution in [0.2, 0.25) is 0 Å². The van der Waals surface area contributed by atoms with Crippen LogP contribution >= 0.6 is 11.3 Å². The molecule has 0 aliphatic carbocycles. The third kappa shape index (κ3) is 6.34. The summed E-state index contributed by atoms with van der Waals surface area (Å²) in [4.78, 5) is 23.2. The van der Waals surface area contributed by atoms with Gasteiger partial charge in [0.15, 0.2) is 11.7 Å². The first-order chi connectivity index (χ1) is 16.7. The number of fused-ring (bicyclic) bond motifs is 1. The van der Waals surface area contributed by atoms with Gasteiger partial charge in [0.2, 0.25) is 5.95 Å². The topological polar surface area (TPSA) is 114 Å². The summed E-state index contributed by atoms with van der Waals surface area (Å²) in [5, 5.41) is 16.8. The smallest absolute Gasteiger partial charge is 0.268 e. The van der Waals surface area contributed by atoms with Crippen LogP contribution < -0.4 is 10.6 Å². The van der Waals surface area contributed by atoms with E-state index in [0.717, 1.165) is 41.0 Å². The molecule has 0 aliphatic heterocycles. The monoisotopic (exact) mass is 497 g/mol. The minimum absolute atomic E-state index is 0.273. The van der Waals surface area contributed by atoms with Crippen LogP contribution in [-0.4, -0.2) is 51.4 Å². The molecule has 35 heavy (non-hydrogen) atoms. The number of rotatable bonds is 11. The number of hydrogen-bond acceptors (Lipinski definition) is 8. The van der Waals surface area contributed by atoms with Crippen molar-refractivity contribution in [3.63, 3.8) is 0 Å². The van der Waals surface area contributed by atoms with Gasteiger partial charge in [-0.15, -0.1) is 11.3 Å². The Morgan fingerprint density at radius 2 is 2.11 bits per heavy atom. The zero-order chi connectivity index (χ0) is 25.0. The number of benzene rings is 1. The highest BCUT2D eigenvalue weighted by Gasteiger charge is 2.22. The first-order valence-corrected chi connectivity index (χ1v) is 12.3. The molecule has 4 aromatic rings. The second-order valence-electron chi connectivity index (χ2n) is 9.04. The summed E-state index contributed by atoms with van der Waals surface area (Å²) in [6.45, 7) is 7.80. The third-order valence-corrected chi connectivity index (χ3v) is 6.41. The van der Waals surface area contributed by atoms with Gasteiger partial charge in [0.25, 0.3) is 5.91 Å². The molecule has 9 nitrogen and oxygen atoms in total. The average Bonchev–Trinajstić information content (AvgIpc) is 3.52. The molecule has 0 saturated heterocycles. The molecule has 0 unspecified atom stereocenters. The Morgan fingerprint density at radius 3 is 2.83 bits per heavy atom. The molecule has 0 fully saturated rings. The van der Waals surface area contributed by atoms with Crippen molar-refractivity contribution in [3.05, 3.63) is 52.9 Å². The van der Waals surface area contributed by atoms with E-state index in [-0.39, 0.29) is 12.5 Å². The maximum absolute atomic E-state index is 13.1. The lowest BCUT2D eigenvalue weighted by Gasteiger charge is -2.20. The Balaban J connectivity index is 1.56. The molecule has 0 bridgehead atoms. The van der Waals surface area contributed by atoms with Crippen LogP contribution in [0.4, 0.5) is 5.95 Å². The van der Waals surface area contributed by atoms with E-state index in [4.69, 9.17) is 14.1 Å². The van der Waals surface area contributed by atoms with Gasteiger partial charge in [0.05, 0.1) is 39.1 Å². The normalized spacial score (nSPS) is 11.9. The van der Waals surface area contributed by atoms with Crippen molar-refractivity contribution in [2.24, 2.45) is 0 Å². The standard InChI is InChI=1S/C25H31N5O4S/c1-16-27-14-20(34-16)21-8-9-22(35-21)23(31)29-24-28-18-12-17(13-26-10-5-11-33-4)6-7-19(18)30(24)15-25(2,3)32/h6-9,12,14,26,32H,5,10-11,13,15H2,1-4H3,(H,28,29,31). The maximum Gasteiger partial charge on any atom is 0.268 e. The molecule has 186 valence electrons. The van der Waals surface area contributed by atoms with Crippen molar-refractivity contribution >= 4 is 34.2 Å². The van der Waals surface area contributed by atoms with Crippen molar-refractivity contribution in [2.75, 3.05) is 25.6 Å². The molecule has 1 aromatic carbocycles. The van der Waals surface area contributed by atoms with Gasteiger partial charge in [-0.3, -0.25) is 10.1 Å². The fourth-order valence-electron chi connectivity index (χ4n) is 3.73. The van der Waals surface area contributed by atoms with Crippen molar-refractivity contribution in [3.8, 4) is 10.6 Å². The number of oxazole rings is 1. The lowest BCUT2D eigenvalue weighted by atomic mass is 10.1. The van der Waals surface area contributed by atoms with Crippen molar-refractivity contribution < 1.29 is 19.1 Å². The third-order valence-electron chi connectivity index (χ3n) is 5.31. The number of amides is 1. The number of carbonyl (C=O) groups is 1. The highest BCUT2D eigenvalue weighted by molar-refractivity contribution is 7.17. The van der Waals surface area contributed by atoms with Crippen LogP contribution in [0.3, 0.4) is 0 Å². The predicted octanol–water partition coefficient (Wildman–Crippen LogP) is 4.21. The number of aliphatic hydroxyl groups is 1. The van der Waals surface area contributed by atoms with Gasteiger partial charge in [-0.1, -0.05) is 6.07 Å². The molecule has 0 aliphatic rings. The Bertz CT molecular complexity index is 1300. The van der Waals surface area contributed by atoms with Gasteiger partial charge in [-0.2, -0.15) is 0 Å². The van der Waals surface area contributed by atoms with Crippen LogP contribution in [0.1, 0.15) is 41.4 Å². The molecule has 3 heterocycles. The predicted molar refractivity (Wildman–Crippen MR) is 137 cm³/mol. The Hall–Kier alpha value is -3.05. The van der Waals surface area contributed by atoms with Crippen molar-refractivity contribution in [1.82, 2.24) is 19.9 Å². The second-order valence-corrected chi connectivity index (χ2v) is 10.1. The summed E-state index contributed by atoms with van der Waals surface area (Å²) in [5.41, 5.74) is 1.69. The average molecular weight is 498 g/mol. The molecular weight excluding hydrogens is 466 g/mol. The zero-order valence-electron chi connectivity index (χ0n) is 20.4. The molecule has 3 N–H and O–H groups in total. The summed E-state index contributed by atoms with van der Waals surface area (Å²) in [6.07, 6.45) is 2.59. The van der Waals surface area contributed by atoms with E-state index >= 15 is 0 Å². The molecule has 3 aromatic heterocycles. The number of nitrogens with zero attached hydrogens (tertiary/aromatic N) is 3. The Kier molecular flexibility index (Phi) is 7.66. The van der Waals surface area contributed by atoms with E-state index in [2.05, 4.69) is 15.6 Å². The minimum Gasteiger partial charge on any atom is -0.440 e. The number of aryl methyl sites for hydroxylation is 1. The van der Waals surface area contributed by atoms with Gasteiger partial charge in [-0.05, 0) is 56.6 Å². The molecule has 0 spiro atoms. The lowest BCUT2D eigenvalue weighted by Crippen LogP contribution is -2.27. The Labute approximate surface area is 208 Å². The second kappa shape index (κ2) is 10.7. The summed E-state index contributed by atoms with van der Waals surface area (Å²) < 4.78 is 12.5. The van der Waals surface area contributed by atoms with E-state index in [9.17, 15) is 9.90 Å². The van der Waals surface area contributed by atoms with E-state index in [1.54, 1.807) is 40.1 Å². The van der Waals surface area contributed by atoms with Crippen LogP contribution in [0.5, 0.6) is 0 Å². The number of hydrogen-bond donors (Lipinski definition) is 3. The van der Waals surface area contributed by atoms with Crippen LogP contribution in [0.15, 0.2) is 40.9 Å². The van der Waals surface area contributed by atoms with Gasteiger partial charge in [0.1, 0.15) is 0 Å². The highest BCUT2D eigenvalue weighted by Crippen LogP contribution is 2.30. The number of imidazole rings is 1. The van der Waals surface area contributed by atoms with E-state index in [1.807, 2.05) is 28.8 Å². The van der Waals surface area contributed by atoms with Crippen molar-refractivity contribution in [2.45, 2.75) is 45.9 Å². The zero-order valence-corrected chi connectivity index (χ0v) is 21.2. The number of thiophene rings is 1. The molecule has 4 rings (SSSR count). The van der Waals surface area contributed by atoms with Gasteiger partial charge < -0.3 is 24.1 Å². The number of ether oxygens (including phenoxy) is 1. The summed E-state index contributed by atoms with van der Waals surface area (Å²) in [7, 11) is 1.70. The van der Waals surface area contributed by atoms with Crippen LogP contribution in [0.25, 0.3) is 21.7 Å². The molecule has 1 amide bonds. The van der Waals surface area contributed by atoms with E-state index in [0.29, 0.717) is 29.0 Å². The van der Waals surface area contributed by atoms with Gasteiger partial charge in [0, 0.05) is 27.2 Å². The number of methoxy groups -OCH3 is 1. The van der Waals surface area contributed by atoms with Crippen LogP contribution in [0, 0.1) is 6.92 Å². The minimum atomic E-state index is -0.991. The Morgan fingerprint density at radius 1 is 1.29 bits per heavy atom. The highest BCUT2D eigenvalue weighted by atomic mass is 32.1. The first kappa shape index (κ1) is 25.1. The fraction of sp³-hybridized carbons (Fsp3) is 0.400. The summed E-state index contributed by atoms with van der Waals surface area (Å²) in [6, 6.07) is 9.61. The first-order valence-electron chi connectivity index (χ1n) is 11.5. The van der Waals surface area contributed by atoms with Crippen molar-refractivity contribution in [1.29, 1.82) is 0 Å². The molecular formula is C25H31N5O4S. The summed E-state index contributed by atoms with van der Waals surface area (Å²) in [5.74, 6) is 1.32. The molecule has 10 heteroatoms. The van der Waals surface area contributed by atoms with Gasteiger partial charge in [-0.25, -0.2) is 9.97 Å². The molecule has 0 atom stereocenters. The van der Waals surface area contributed by atoms with Crippen LogP contribution in [-0.2, 0) is 17.8 Å². The largest absolute Gasteiger partial charge is 0.440 e. The number of aromatic nitrogens is 3. The quantitative estimate of drug-likeness (QED) is 0.266. The van der Waals surface area contributed by atoms with E-state index in [1.165, 1.54) is 11.3 Å². The number of nitrogens with one attached hydrogen (secondary N) is 2. The number of anilines is 1. The van der Waals surface area contributed by atoms with Gasteiger partial charge >= 0.3 is 0 Å².